The maximum atomic E-state index is 11.8. The topological polar surface area (TPSA) is 52.3 Å². The third kappa shape index (κ3) is 3.30. The van der Waals surface area contributed by atoms with E-state index in [1.54, 1.807) is 0 Å². The first-order valence-electron chi connectivity index (χ1n) is 6.24. The van der Waals surface area contributed by atoms with Crippen LogP contribution in [0.5, 0.6) is 0 Å². The molecule has 0 spiro atoms. The molecule has 0 bridgehead atoms. The Morgan fingerprint density at radius 2 is 1.94 bits per heavy atom. The number of esters is 1. The van der Waals surface area contributed by atoms with Crippen molar-refractivity contribution in [2.24, 2.45) is 11.7 Å². The minimum absolute atomic E-state index is 0.317. The highest BCUT2D eigenvalue weighted by Gasteiger charge is 2.20. The molecule has 1 saturated carbocycles. The zero-order chi connectivity index (χ0) is 12.1. The highest BCUT2D eigenvalue weighted by atomic mass is 16.5. The van der Waals surface area contributed by atoms with E-state index in [0.29, 0.717) is 12.5 Å². The van der Waals surface area contributed by atoms with Gasteiger partial charge in [-0.1, -0.05) is 43.2 Å². The summed E-state index contributed by atoms with van der Waals surface area (Å²) in [6, 6.07) is 8.69. The average Bonchev–Trinajstić information content (AvgIpc) is 2.89. The molecule has 0 aliphatic heterocycles. The third-order valence-electron chi connectivity index (χ3n) is 3.35. The molecule has 3 nitrogen and oxygen atoms in total. The summed E-state index contributed by atoms with van der Waals surface area (Å²) in [5.41, 5.74) is 6.66. The van der Waals surface area contributed by atoms with E-state index in [1.807, 2.05) is 30.3 Å². The maximum absolute atomic E-state index is 11.8. The fourth-order valence-corrected chi connectivity index (χ4v) is 2.26. The molecule has 1 aliphatic carbocycles. The third-order valence-corrected chi connectivity index (χ3v) is 3.35. The highest BCUT2D eigenvalue weighted by Crippen LogP contribution is 2.25. The molecular weight excluding hydrogens is 214 g/mol. The fourth-order valence-electron chi connectivity index (χ4n) is 2.26. The summed E-state index contributed by atoms with van der Waals surface area (Å²) in [5.74, 6) is 0.227. The quantitative estimate of drug-likeness (QED) is 0.812. The lowest BCUT2D eigenvalue weighted by Gasteiger charge is -2.14. The van der Waals surface area contributed by atoms with Crippen LogP contribution in [0.25, 0.3) is 0 Å². The van der Waals surface area contributed by atoms with Crippen LogP contribution < -0.4 is 5.73 Å². The summed E-state index contributed by atoms with van der Waals surface area (Å²) >= 11 is 0. The van der Waals surface area contributed by atoms with Gasteiger partial charge in [0.15, 0.2) is 0 Å². The molecule has 1 fully saturated rings. The number of ether oxygens (including phenoxy) is 1. The number of hydrogen-bond acceptors (Lipinski definition) is 3. The van der Waals surface area contributed by atoms with Gasteiger partial charge in [-0.15, -0.1) is 0 Å². The Labute approximate surface area is 102 Å². The summed E-state index contributed by atoms with van der Waals surface area (Å²) in [6.45, 7) is 0.527. The van der Waals surface area contributed by atoms with E-state index in [4.69, 9.17) is 10.5 Å². The van der Waals surface area contributed by atoms with Crippen molar-refractivity contribution in [2.75, 3.05) is 6.61 Å². The molecule has 0 heterocycles. The monoisotopic (exact) mass is 233 g/mol. The molecular formula is C14H19NO2. The lowest BCUT2D eigenvalue weighted by atomic mass is 10.1. The van der Waals surface area contributed by atoms with Gasteiger partial charge in [0.1, 0.15) is 6.04 Å². The summed E-state index contributed by atoms with van der Waals surface area (Å²) in [7, 11) is 0. The van der Waals surface area contributed by atoms with E-state index in [9.17, 15) is 4.79 Å². The van der Waals surface area contributed by atoms with E-state index in [0.717, 1.165) is 5.56 Å². The lowest BCUT2D eigenvalue weighted by Crippen LogP contribution is -2.25. The number of rotatable bonds is 4. The van der Waals surface area contributed by atoms with E-state index in [2.05, 4.69) is 0 Å². The van der Waals surface area contributed by atoms with Crippen LogP contribution in [0.2, 0.25) is 0 Å². The molecule has 2 rings (SSSR count). The van der Waals surface area contributed by atoms with Crippen molar-refractivity contribution in [3.05, 3.63) is 35.9 Å². The molecule has 92 valence electrons. The second kappa shape index (κ2) is 5.82. The molecule has 17 heavy (non-hydrogen) atoms. The first-order valence-corrected chi connectivity index (χ1v) is 6.24. The van der Waals surface area contributed by atoms with Gasteiger partial charge in [-0.3, -0.25) is 0 Å². The van der Waals surface area contributed by atoms with Gasteiger partial charge in [0, 0.05) is 0 Å². The first kappa shape index (κ1) is 12.1. The van der Waals surface area contributed by atoms with Crippen molar-refractivity contribution in [1.29, 1.82) is 0 Å². The normalized spacial score (nSPS) is 17.9. The Morgan fingerprint density at radius 1 is 1.29 bits per heavy atom. The van der Waals surface area contributed by atoms with E-state index < -0.39 is 6.04 Å². The molecule has 1 aliphatic rings. The van der Waals surface area contributed by atoms with Gasteiger partial charge < -0.3 is 10.5 Å². The highest BCUT2D eigenvalue weighted by molar-refractivity contribution is 5.77. The van der Waals surface area contributed by atoms with Gasteiger partial charge >= 0.3 is 5.97 Å². The minimum atomic E-state index is -0.655. The Morgan fingerprint density at radius 3 is 2.59 bits per heavy atom. The molecule has 3 heteroatoms. The van der Waals surface area contributed by atoms with Crippen LogP contribution in [0.3, 0.4) is 0 Å². The molecule has 0 unspecified atom stereocenters. The minimum Gasteiger partial charge on any atom is -0.464 e. The standard InChI is InChI=1S/C14H19NO2/c15-13(12-8-2-1-3-9-12)14(16)17-10-11-6-4-5-7-11/h1-3,8-9,11,13H,4-7,10,15H2/t13-/m1/s1. The molecule has 2 N–H and O–H groups in total. The molecule has 0 saturated heterocycles. The van der Waals surface area contributed by atoms with Crippen LogP contribution in [0.1, 0.15) is 37.3 Å². The van der Waals surface area contributed by atoms with Crippen LogP contribution in [-0.4, -0.2) is 12.6 Å². The molecule has 1 atom stereocenters. The largest absolute Gasteiger partial charge is 0.464 e. The average molecular weight is 233 g/mol. The van der Waals surface area contributed by atoms with Crippen LogP contribution in [0.4, 0.5) is 0 Å². The molecule has 1 aromatic rings. The van der Waals surface area contributed by atoms with Gasteiger partial charge in [0.2, 0.25) is 0 Å². The Kier molecular flexibility index (Phi) is 4.15. The summed E-state index contributed by atoms with van der Waals surface area (Å²) in [6.07, 6.45) is 4.86. The maximum Gasteiger partial charge on any atom is 0.327 e. The fraction of sp³-hybridized carbons (Fsp3) is 0.500. The second-order valence-electron chi connectivity index (χ2n) is 4.67. The zero-order valence-electron chi connectivity index (χ0n) is 9.97. The van der Waals surface area contributed by atoms with Gasteiger partial charge in [-0.2, -0.15) is 0 Å². The molecule has 0 aromatic heterocycles. The van der Waals surface area contributed by atoms with Crippen molar-refractivity contribution in [1.82, 2.24) is 0 Å². The molecule has 0 amide bonds. The number of hydrogen-bond donors (Lipinski definition) is 1. The van der Waals surface area contributed by atoms with E-state index in [1.165, 1.54) is 25.7 Å². The number of carbonyl (C=O) groups is 1. The number of carbonyl (C=O) groups excluding carboxylic acids is 1. The zero-order valence-corrected chi connectivity index (χ0v) is 9.97. The van der Waals surface area contributed by atoms with Crippen molar-refractivity contribution >= 4 is 5.97 Å². The van der Waals surface area contributed by atoms with Gasteiger partial charge in [0.05, 0.1) is 6.61 Å². The number of nitrogens with two attached hydrogens (primary N) is 1. The second-order valence-corrected chi connectivity index (χ2v) is 4.67. The lowest BCUT2D eigenvalue weighted by molar-refractivity contribution is -0.146. The Balaban J connectivity index is 1.83. The number of benzene rings is 1. The van der Waals surface area contributed by atoms with Gasteiger partial charge in [-0.05, 0) is 24.3 Å². The molecule has 0 radical (unpaired) electrons. The van der Waals surface area contributed by atoms with Crippen molar-refractivity contribution in [3.63, 3.8) is 0 Å². The predicted octanol–water partition coefficient (Wildman–Crippen LogP) is 2.42. The summed E-state index contributed by atoms with van der Waals surface area (Å²) in [4.78, 5) is 11.8. The van der Waals surface area contributed by atoms with Gasteiger partial charge in [-0.25, -0.2) is 4.79 Å². The predicted molar refractivity (Wildman–Crippen MR) is 66.3 cm³/mol. The Hall–Kier alpha value is -1.35. The van der Waals surface area contributed by atoms with Crippen molar-refractivity contribution < 1.29 is 9.53 Å². The van der Waals surface area contributed by atoms with Crippen LogP contribution in [0.15, 0.2) is 30.3 Å². The molecule has 1 aromatic carbocycles. The smallest absolute Gasteiger partial charge is 0.327 e. The first-order chi connectivity index (χ1) is 8.27. The summed E-state index contributed by atoms with van der Waals surface area (Å²) in [5, 5.41) is 0. The van der Waals surface area contributed by atoms with Gasteiger partial charge in [0.25, 0.3) is 0 Å². The van der Waals surface area contributed by atoms with Crippen LogP contribution in [-0.2, 0) is 9.53 Å². The SMILES string of the molecule is N[C@@H](C(=O)OCC1CCCC1)c1ccccc1. The Bertz CT molecular complexity index is 358. The van der Waals surface area contributed by atoms with Crippen LogP contribution in [0, 0.1) is 5.92 Å². The van der Waals surface area contributed by atoms with Crippen molar-refractivity contribution in [2.45, 2.75) is 31.7 Å². The van der Waals surface area contributed by atoms with E-state index in [-0.39, 0.29) is 5.97 Å². The summed E-state index contributed by atoms with van der Waals surface area (Å²) < 4.78 is 5.28. The van der Waals surface area contributed by atoms with Crippen molar-refractivity contribution in [3.8, 4) is 0 Å². The van der Waals surface area contributed by atoms with Crippen LogP contribution >= 0.6 is 0 Å². The van der Waals surface area contributed by atoms with E-state index >= 15 is 0 Å².